The Balaban J connectivity index is 1.89. The van der Waals surface area contributed by atoms with Crippen molar-refractivity contribution in [3.63, 3.8) is 0 Å². The van der Waals surface area contributed by atoms with Gasteiger partial charge < -0.3 is 5.32 Å². The minimum atomic E-state index is -0.154. The summed E-state index contributed by atoms with van der Waals surface area (Å²) < 4.78 is 1.73. The predicted molar refractivity (Wildman–Crippen MR) is 72.9 cm³/mol. The number of anilines is 1. The summed E-state index contributed by atoms with van der Waals surface area (Å²) in [6.45, 7) is 0. The molecule has 94 valence electrons. The lowest BCUT2D eigenvalue weighted by Gasteiger charge is -2.04. The Morgan fingerprint density at radius 3 is 2.79 bits per heavy atom. The van der Waals surface area contributed by atoms with E-state index in [0.717, 1.165) is 16.6 Å². The number of benzene rings is 1. The van der Waals surface area contributed by atoms with E-state index in [1.807, 2.05) is 19.3 Å². The summed E-state index contributed by atoms with van der Waals surface area (Å²) in [5.41, 5.74) is 2.12. The van der Waals surface area contributed by atoms with E-state index < -0.39 is 0 Å². The molecule has 1 amide bonds. The van der Waals surface area contributed by atoms with Crippen molar-refractivity contribution in [2.45, 2.75) is 0 Å². The van der Waals surface area contributed by atoms with Crippen molar-refractivity contribution < 1.29 is 4.79 Å². The highest BCUT2D eigenvalue weighted by Crippen LogP contribution is 2.15. The monoisotopic (exact) mass is 252 g/mol. The summed E-state index contributed by atoms with van der Waals surface area (Å²) in [6, 6.07) is 8.96. The first-order valence-corrected chi connectivity index (χ1v) is 5.87. The minimum Gasteiger partial charge on any atom is -0.322 e. The number of carbonyl (C=O) groups is 1. The highest BCUT2D eigenvalue weighted by Gasteiger charge is 2.08. The number of hydrogen-bond donors (Lipinski definition) is 1. The second-order valence-electron chi connectivity index (χ2n) is 4.27. The number of nitrogens with one attached hydrogen (secondary N) is 1. The molecule has 3 rings (SSSR count). The summed E-state index contributed by atoms with van der Waals surface area (Å²) >= 11 is 0. The van der Waals surface area contributed by atoms with Crippen molar-refractivity contribution >= 4 is 22.5 Å². The second-order valence-corrected chi connectivity index (χ2v) is 4.27. The first kappa shape index (κ1) is 11.4. The number of hydrogen-bond acceptors (Lipinski definition) is 3. The third-order valence-electron chi connectivity index (χ3n) is 2.82. The lowest BCUT2D eigenvalue weighted by atomic mass is 10.1. The normalized spacial score (nSPS) is 10.6. The highest BCUT2D eigenvalue weighted by atomic mass is 16.1. The van der Waals surface area contributed by atoms with Gasteiger partial charge in [0, 0.05) is 42.3 Å². The molecule has 0 bridgehead atoms. The summed E-state index contributed by atoms with van der Waals surface area (Å²) in [5.74, 6) is -0.154. The maximum Gasteiger partial charge on any atom is 0.255 e. The Morgan fingerprint density at radius 2 is 2.00 bits per heavy atom. The largest absolute Gasteiger partial charge is 0.322 e. The van der Waals surface area contributed by atoms with Crippen molar-refractivity contribution in [2.75, 3.05) is 5.32 Å². The molecule has 0 radical (unpaired) electrons. The van der Waals surface area contributed by atoms with Crippen LogP contribution in [0.3, 0.4) is 0 Å². The van der Waals surface area contributed by atoms with Crippen LogP contribution in [0.25, 0.3) is 10.9 Å². The fourth-order valence-electron chi connectivity index (χ4n) is 1.92. The fourth-order valence-corrected chi connectivity index (χ4v) is 1.92. The Hall–Kier alpha value is -2.69. The highest BCUT2D eigenvalue weighted by molar-refractivity contribution is 6.06. The van der Waals surface area contributed by atoms with Gasteiger partial charge in [-0.3, -0.25) is 14.5 Å². The Bertz CT molecular complexity index is 734. The van der Waals surface area contributed by atoms with E-state index in [1.54, 1.807) is 41.3 Å². The molecule has 2 aromatic heterocycles. The molecule has 3 aromatic rings. The molecule has 0 saturated carbocycles. The lowest BCUT2D eigenvalue weighted by molar-refractivity contribution is 0.102. The molecule has 1 aromatic carbocycles. The maximum absolute atomic E-state index is 12.1. The van der Waals surface area contributed by atoms with E-state index in [-0.39, 0.29) is 5.91 Å². The average molecular weight is 252 g/mol. The summed E-state index contributed by atoms with van der Waals surface area (Å²) in [5, 5.41) is 8.12. The van der Waals surface area contributed by atoms with Crippen LogP contribution in [0.2, 0.25) is 0 Å². The van der Waals surface area contributed by atoms with Gasteiger partial charge in [-0.05, 0) is 24.3 Å². The van der Waals surface area contributed by atoms with Crippen LogP contribution in [0.15, 0.2) is 48.9 Å². The number of amides is 1. The average Bonchev–Trinajstić information content (AvgIpc) is 2.78. The van der Waals surface area contributed by atoms with E-state index >= 15 is 0 Å². The third-order valence-corrected chi connectivity index (χ3v) is 2.82. The van der Waals surface area contributed by atoms with Gasteiger partial charge in [0.25, 0.3) is 5.91 Å². The summed E-state index contributed by atoms with van der Waals surface area (Å²) in [7, 11) is 1.86. The van der Waals surface area contributed by atoms with Crippen molar-refractivity contribution in [3.05, 3.63) is 54.5 Å². The number of rotatable bonds is 2. The van der Waals surface area contributed by atoms with Gasteiger partial charge in [0.2, 0.25) is 0 Å². The minimum absolute atomic E-state index is 0.154. The van der Waals surface area contributed by atoms with Crippen LogP contribution in [0.5, 0.6) is 0 Å². The number of aromatic nitrogens is 3. The number of pyridine rings is 1. The van der Waals surface area contributed by atoms with Crippen LogP contribution in [0.4, 0.5) is 5.69 Å². The predicted octanol–water partition coefficient (Wildman–Crippen LogP) is 2.22. The molecule has 0 unspecified atom stereocenters. The molecule has 5 heteroatoms. The molecular weight excluding hydrogens is 240 g/mol. The van der Waals surface area contributed by atoms with Gasteiger partial charge in [-0.25, -0.2) is 0 Å². The molecule has 5 nitrogen and oxygen atoms in total. The van der Waals surface area contributed by atoms with Gasteiger partial charge in [0.15, 0.2) is 0 Å². The fraction of sp³-hybridized carbons (Fsp3) is 0.0714. The van der Waals surface area contributed by atoms with Crippen LogP contribution >= 0.6 is 0 Å². The Morgan fingerprint density at radius 1 is 1.21 bits per heavy atom. The first-order chi connectivity index (χ1) is 9.22. The smallest absolute Gasteiger partial charge is 0.255 e. The van der Waals surface area contributed by atoms with Crippen molar-refractivity contribution in [1.82, 2.24) is 14.8 Å². The molecule has 0 atom stereocenters. The van der Waals surface area contributed by atoms with Crippen molar-refractivity contribution in [3.8, 4) is 0 Å². The van der Waals surface area contributed by atoms with Crippen molar-refractivity contribution in [2.24, 2.45) is 7.05 Å². The van der Waals surface area contributed by atoms with E-state index in [0.29, 0.717) is 5.56 Å². The topological polar surface area (TPSA) is 59.8 Å². The van der Waals surface area contributed by atoms with Gasteiger partial charge in [0.1, 0.15) is 0 Å². The van der Waals surface area contributed by atoms with Gasteiger partial charge in [-0.2, -0.15) is 5.10 Å². The molecule has 0 fully saturated rings. The van der Waals surface area contributed by atoms with Gasteiger partial charge in [0.05, 0.1) is 5.52 Å². The third kappa shape index (κ3) is 2.30. The van der Waals surface area contributed by atoms with Crippen LogP contribution in [-0.4, -0.2) is 20.7 Å². The molecule has 1 N–H and O–H groups in total. The van der Waals surface area contributed by atoms with Gasteiger partial charge in [-0.15, -0.1) is 0 Å². The summed E-state index contributed by atoms with van der Waals surface area (Å²) in [6.07, 6.45) is 5.19. The molecule has 0 aliphatic heterocycles. The number of aryl methyl sites for hydroxylation is 1. The van der Waals surface area contributed by atoms with E-state index in [2.05, 4.69) is 15.4 Å². The zero-order valence-electron chi connectivity index (χ0n) is 10.4. The quantitative estimate of drug-likeness (QED) is 0.760. The molecule has 2 heterocycles. The molecule has 19 heavy (non-hydrogen) atoms. The zero-order chi connectivity index (χ0) is 13.2. The first-order valence-electron chi connectivity index (χ1n) is 5.87. The SMILES string of the molecule is Cn1cc2ccc(C(=O)Nc3ccncc3)cc2n1. The van der Waals surface area contributed by atoms with Gasteiger partial charge in [-0.1, -0.05) is 6.07 Å². The van der Waals surface area contributed by atoms with Crippen LogP contribution in [-0.2, 0) is 7.05 Å². The van der Waals surface area contributed by atoms with Crippen LogP contribution in [0.1, 0.15) is 10.4 Å². The van der Waals surface area contributed by atoms with Gasteiger partial charge >= 0.3 is 0 Å². The molecular formula is C14H12N4O. The molecule has 0 aliphatic rings. The van der Waals surface area contributed by atoms with E-state index in [1.165, 1.54) is 0 Å². The standard InChI is InChI=1S/C14H12N4O/c1-18-9-11-3-2-10(8-13(11)17-18)14(19)16-12-4-6-15-7-5-12/h2-9H,1H3,(H,15,16,19). The van der Waals surface area contributed by atoms with E-state index in [9.17, 15) is 4.79 Å². The molecule has 0 saturated heterocycles. The lowest BCUT2D eigenvalue weighted by Crippen LogP contribution is -2.11. The van der Waals surface area contributed by atoms with E-state index in [4.69, 9.17) is 0 Å². The number of fused-ring (bicyclic) bond motifs is 1. The van der Waals surface area contributed by atoms with Crippen LogP contribution < -0.4 is 5.32 Å². The molecule has 0 spiro atoms. The summed E-state index contributed by atoms with van der Waals surface area (Å²) in [4.78, 5) is 16.0. The Kier molecular flexibility index (Phi) is 2.72. The maximum atomic E-state index is 12.1. The van der Waals surface area contributed by atoms with Crippen LogP contribution in [0, 0.1) is 0 Å². The number of carbonyl (C=O) groups excluding carboxylic acids is 1. The second kappa shape index (κ2) is 4.53. The zero-order valence-corrected chi connectivity index (χ0v) is 10.4. The number of nitrogens with zero attached hydrogens (tertiary/aromatic N) is 3. The molecule has 0 aliphatic carbocycles. The Labute approximate surface area is 109 Å². The van der Waals surface area contributed by atoms with Crippen molar-refractivity contribution in [1.29, 1.82) is 0 Å².